The Kier molecular flexibility index (Phi) is 20.0. The highest BCUT2D eigenvalue weighted by molar-refractivity contribution is 5.93. The van der Waals surface area contributed by atoms with Gasteiger partial charge in [0.15, 0.2) is 0 Å². The first-order valence-electron chi connectivity index (χ1n) is 14.2. The molecule has 0 aromatic carbocycles. The fourth-order valence-electron chi connectivity index (χ4n) is 4.02. The van der Waals surface area contributed by atoms with E-state index in [-0.39, 0.29) is 30.6 Å². The third-order valence-electron chi connectivity index (χ3n) is 6.25. The zero-order valence-electron chi connectivity index (χ0n) is 24.9. The monoisotopic (exact) mass is 583 g/mol. The summed E-state index contributed by atoms with van der Waals surface area (Å²) >= 11 is 0. The lowest BCUT2D eigenvalue weighted by atomic mass is 10.0. The Hall–Kier alpha value is -3.71. The van der Waals surface area contributed by atoms with Crippen molar-refractivity contribution in [3.63, 3.8) is 0 Å². The van der Waals surface area contributed by atoms with Gasteiger partial charge in [0.05, 0.1) is 0 Å². The van der Waals surface area contributed by atoms with Crippen LogP contribution in [-0.2, 0) is 33.6 Å². The molecule has 0 aliphatic carbocycles. The van der Waals surface area contributed by atoms with Crippen LogP contribution in [0.15, 0.2) is 0 Å². The Bertz CT molecular complexity index is 882. The molecule has 3 atom stereocenters. The smallest absolute Gasteiger partial charge is 0.243 e. The molecule has 0 spiro atoms. The Morgan fingerprint density at radius 1 is 0.561 bits per heavy atom. The standard InChI is InChI=1S/C27H49N7O7/c1-18(35)30-16-10-8-12-21(25(28)39)33-27(41)23(13-6-5-7-15-24(38)29-4)34-26(40)22(32-20(3)37)14-9-11-17-31-19(2)36/h21-23H,5-17H2,1-4H3,(H2,28,39)(H,29,38)(H,30,35)(H,31,36)(H,32,37)(H,33,41)(H,34,40)/t21-,22-,23-/m0/s1. The van der Waals surface area contributed by atoms with Crippen molar-refractivity contribution in [2.75, 3.05) is 20.1 Å². The fourth-order valence-corrected chi connectivity index (χ4v) is 4.02. The zero-order chi connectivity index (χ0) is 31.2. The Morgan fingerprint density at radius 2 is 1.00 bits per heavy atom. The Balaban J connectivity index is 5.35. The van der Waals surface area contributed by atoms with Crippen LogP contribution in [0, 0.1) is 0 Å². The van der Waals surface area contributed by atoms with Crippen molar-refractivity contribution in [1.29, 1.82) is 0 Å². The first-order valence-corrected chi connectivity index (χ1v) is 14.2. The van der Waals surface area contributed by atoms with Crippen LogP contribution in [0.4, 0.5) is 0 Å². The minimum Gasteiger partial charge on any atom is -0.368 e. The summed E-state index contributed by atoms with van der Waals surface area (Å²) in [6.45, 7) is 4.97. The molecule has 0 unspecified atom stereocenters. The fraction of sp³-hybridized carbons (Fsp3) is 0.741. The molecule has 14 heteroatoms. The van der Waals surface area contributed by atoms with Crippen LogP contribution in [-0.4, -0.2) is 79.6 Å². The maximum atomic E-state index is 13.2. The predicted molar refractivity (Wildman–Crippen MR) is 153 cm³/mol. The summed E-state index contributed by atoms with van der Waals surface area (Å²) in [7, 11) is 1.55. The van der Waals surface area contributed by atoms with Crippen LogP contribution in [0.1, 0.15) is 91.4 Å². The van der Waals surface area contributed by atoms with Gasteiger partial charge in [-0.25, -0.2) is 0 Å². The highest BCUT2D eigenvalue weighted by Gasteiger charge is 2.28. The summed E-state index contributed by atoms with van der Waals surface area (Å²) < 4.78 is 0. The molecular formula is C27H49N7O7. The van der Waals surface area contributed by atoms with Crippen LogP contribution in [0.2, 0.25) is 0 Å². The molecule has 0 aromatic heterocycles. The second-order valence-electron chi connectivity index (χ2n) is 10.0. The van der Waals surface area contributed by atoms with E-state index in [0.29, 0.717) is 70.9 Å². The van der Waals surface area contributed by atoms with Crippen molar-refractivity contribution in [1.82, 2.24) is 31.9 Å². The zero-order valence-corrected chi connectivity index (χ0v) is 24.9. The predicted octanol–water partition coefficient (Wildman–Crippen LogP) is -0.745. The van der Waals surface area contributed by atoms with E-state index in [0.717, 1.165) is 0 Å². The van der Waals surface area contributed by atoms with E-state index >= 15 is 0 Å². The quantitative estimate of drug-likeness (QED) is 0.0808. The normalized spacial score (nSPS) is 12.7. The SMILES string of the molecule is CNC(=O)CCCCC[C@H](NC(=O)[C@H](CCCCNC(C)=O)NC(C)=O)C(=O)N[C@@H](CCCCNC(C)=O)C(N)=O. The molecular weight excluding hydrogens is 534 g/mol. The van der Waals surface area contributed by atoms with Crippen molar-refractivity contribution < 1.29 is 33.6 Å². The summed E-state index contributed by atoms with van der Waals surface area (Å²) in [6, 6.07) is -2.86. The lowest BCUT2D eigenvalue weighted by Crippen LogP contribution is -2.56. The molecule has 0 saturated heterocycles. The van der Waals surface area contributed by atoms with Crippen molar-refractivity contribution >= 4 is 41.4 Å². The van der Waals surface area contributed by atoms with Gasteiger partial charge in [0, 0.05) is 47.3 Å². The number of nitrogens with one attached hydrogen (secondary N) is 6. The van der Waals surface area contributed by atoms with Gasteiger partial charge in [-0.1, -0.05) is 12.8 Å². The van der Waals surface area contributed by atoms with E-state index in [9.17, 15) is 33.6 Å². The molecule has 0 radical (unpaired) electrons. The summed E-state index contributed by atoms with van der Waals surface area (Å²) in [6.07, 6.45) is 5.14. The topological polar surface area (TPSA) is 218 Å². The van der Waals surface area contributed by atoms with E-state index in [2.05, 4.69) is 31.9 Å². The Morgan fingerprint density at radius 3 is 1.44 bits per heavy atom. The molecule has 0 rings (SSSR count). The molecule has 8 N–H and O–H groups in total. The molecule has 0 saturated carbocycles. The molecule has 14 nitrogen and oxygen atoms in total. The lowest BCUT2D eigenvalue weighted by Gasteiger charge is -2.25. The Labute approximate surface area is 242 Å². The van der Waals surface area contributed by atoms with E-state index in [1.54, 1.807) is 7.05 Å². The molecule has 234 valence electrons. The molecule has 41 heavy (non-hydrogen) atoms. The maximum absolute atomic E-state index is 13.2. The summed E-state index contributed by atoms with van der Waals surface area (Å²) in [5, 5.41) is 15.8. The second-order valence-corrected chi connectivity index (χ2v) is 10.0. The number of carbonyl (C=O) groups excluding carboxylic acids is 7. The molecule has 0 aromatic rings. The molecule has 0 aliphatic heterocycles. The average molecular weight is 584 g/mol. The number of nitrogens with two attached hydrogens (primary N) is 1. The van der Waals surface area contributed by atoms with Gasteiger partial charge < -0.3 is 37.6 Å². The van der Waals surface area contributed by atoms with Crippen molar-refractivity contribution in [3.8, 4) is 0 Å². The minimum absolute atomic E-state index is 0.0907. The van der Waals surface area contributed by atoms with Gasteiger partial charge in [-0.3, -0.25) is 33.6 Å². The minimum atomic E-state index is -1.00. The van der Waals surface area contributed by atoms with Crippen LogP contribution in [0.3, 0.4) is 0 Å². The summed E-state index contributed by atoms with van der Waals surface area (Å²) in [4.78, 5) is 83.7. The average Bonchev–Trinajstić information content (AvgIpc) is 2.89. The van der Waals surface area contributed by atoms with E-state index in [4.69, 9.17) is 5.73 Å². The largest absolute Gasteiger partial charge is 0.368 e. The van der Waals surface area contributed by atoms with Gasteiger partial charge in [0.2, 0.25) is 41.4 Å². The van der Waals surface area contributed by atoms with Crippen molar-refractivity contribution in [2.45, 2.75) is 110 Å². The van der Waals surface area contributed by atoms with Crippen LogP contribution >= 0.6 is 0 Å². The van der Waals surface area contributed by atoms with E-state index < -0.39 is 41.8 Å². The second kappa shape index (κ2) is 22.0. The van der Waals surface area contributed by atoms with Crippen LogP contribution in [0.25, 0.3) is 0 Å². The third-order valence-corrected chi connectivity index (χ3v) is 6.25. The van der Waals surface area contributed by atoms with Crippen molar-refractivity contribution in [3.05, 3.63) is 0 Å². The number of hydrogen-bond donors (Lipinski definition) is 7. The number of carbonyl (C=O) groups is 7. The van der Waals surface area contributed by atoms with Crippen LogP contribution in [0.5, 0.6) is 0 Å². The first-order chi connectivity index (χ1) is 19.4. The van der Waals surface area contributed by atoms with Gasteiger partial charge in [-0.15, -0.1) is 0 Å². The number of amides is 7. The molecule has 0 fully saturated rings. The van der Waals surface area contributed by atoms with Gasteiger partial charge in [-0.05, 0) is 51.4 Å². The molecule has 7 amide bonds. The maximum Gasteiger partial charge on any atom is 0.243 e. The lowest BCUT2D eigenvalue weighted by molar-refractivity contribution is -0.133. The third kappa shape index (κ3) is 19.9. The molecule has 0 heterocycles. The van der Waals surface area contributed by atoms with E-state index in [1.807, 2.05) is 0 Å². The summed E-state index contributed by atoms with van der Waals surface area (Å²) in [5.41, 5.74) is 5.51. The number of rotatable bonds is 22. The van der Waals surface area contributed by atoms with Crippen LogP contribution < -0.4 is 37.6 Å². The number of primary amides is 1. The van der Waals surface area contributed by atoms with Crippen molar-refractivity contribution in [2.24, 2.45) is 5.73 Å². The van der Waals surface area contributed by atoms with Gasteiger partial charge in [-0.2, -0.15) is 0 Å². The summed E-state index contributed by atoms with van der Waals surface area (Å²) in [5.74, 6) is -2.67. The number of hydrogen-bond acceptors (Lipinski definition) is 7. The van der Waals surface area contributed by atoms with E-state index in [1.165, 1.54) is 20.8 Å². The number of unbranched alkanes of at least 4 members (excludes halogenated alkanes) is 4. The highest BCUT2D eigenvalue weighted by Crippen LogP contribution is 2.10. The highest BCUT2D eigenvalue weighted by atomic mass is 16.2. The van der Waals surface area contributed by atoms with Gasteiger partial charge >= 0.3 is 0 Å². The molecule has 0 aliphatic rings. The molecule has 0 bridgehead atoms. The first kappa shape index (κ1) is 37.3. The van der Waals surface area contributed by atoms with Gasteiger partial charge in [0.25, 0.3) is 0 Å². The van der Waals surface area contributed by atoms with Gasteiger partial charge in [0.1, 0.15) is 18.1 Å².